The molecule has 0 radical (unpaired) electrons. The Morgan fingerprint density at radius 2 is 1.00 bits per heavy atom. The number of carbonyl (C=O) groups is 4. The van der Waals surface area contributed by atoms with Crippen molar-refractivity contribution < 1.29 is 42.1 Å². The molecule has 0 bridgehead atoms. The number of hydrogen-bond acceptors (Lipinski definition) is 4. The van der Waals surface area contributed by atoms with Gasteiger partial charge < -0.3 is 0 Å². The molecule has 53 heavy (non-hydrogen) atoms. The van der Waals surface area contributed by atoms with Gasteiger partial charge in [-0.1, -0.05) is 0 Å². The van der Waals surface area contributed by atoms with Gasteiger partial charge in [0.05, 0.1) is 0 Å². The van der Waals surface area contributed by atoms with Crippen LogP contribution in [0.5, 0.6) is 0 Å². The molecule has 0 aliphatic heterocycles. The van der Waals surface area contributed by atoms with Crippen molar-refractivity contribution in [2.45, 2.75) is 66.7 Å². The summed E-state index contributed by atoms with van der Waals surface area (Å²) in [4.78, 5) is 48.4. The molecule has 11 heteroatoms. The summed E-state index contributed by atoms with van der Waals surface area (Å²) in [5.74, 6) is 0.0203. The zero-order valence-corrected chi connectivity index (χ0v) is 37.2. The van der Waals surface area contributed by atoms with Crippen molar-refractivity contribution >= 4 is 52.8 Å². The van der Waals surface area contributed by atoms with Crippen LogP contribution < -0.4 is 21.3 Å². The van der Waals surface area contributed by atoms with Gasteiger partial charge in [0.2, 0.25) is 0 Å². The topological polar surface area (TPSA) is 116 Å². The second-order valence-electron chi connectivity index (χ2n) is 14.4. The second kappa shape index (κ2) is 16.0. The first kappa shape index (κ1) is 38.5. The fourth-order valence-electron chi connectivity index (χ4n) is 8.93. The molecule has 0 aromatic rings. The predicted octanol–water partition coefficient (Wildman–Crippen LogP) is 5.59. The van der Waals surface area contributed by atoms with Crippen LogP contribution in [0.25, 0.3) is 0 Å². The average Bonchev–Trinajstić information content (AvgIpc) is 3.90. The molecule has 0 aromatic heterocycles. The van der Waals surface area contributed by atoms with Gasteiger partial charge >= 0.3 is 328 Å². The molecule has 0 fully saturated rings. The van der Waals surface area contributed by atoms with E-state index in [2.05, 4.69) is 124 Å². The Morgan fingerprint density at radius 3 is 1.30 bits per heavy atom. The van der Waals surface area contributed by atoms with Crippen LogP contribution in [0.4, 0.5) is 0 Å². The van der Waals surface area contributed by atoms with Crippen molar-refractivity contribution in [3.63, 3.8) is 0 Å². The fourth-order valence-corrected chi connectivity index (χ4v) is 18.0. The summed E-state index contributed by atoms with van der Waals surface area (Å²) >= 11 is -2.02. The molecule has 0 heterocycles. The Morgan fingerprint density at radius 1 is 0.623 bits per heavy atom. The van der Waals surface area contributed by atoms with Gasteiger partial charge in [-0.05, 0) is 0 Å². The summed E-state index contributed by atoms with van der Waals surface area (Å²) in [6, 6.07) is 0. The number of carbonyl (C=O) groups excluding carboxylic acids is 4. The monoisotopic (exact) mass is 906 g/mol. The normalized spacial score (nSPS) is 22.3. The van der Waals surface area contributed by atoms with E-state index in [0.29, 0.717) is 48.4 Å². The van der Waals surface area contributed by atoms with Crippen molar-refractivity contribution in [2.75, 3.05) is 0 Å². The quantitative estimate of drug-likeness (QED) is 0.151. The van der Waals surface area contributed by atoms with Crippen LogP contribution in [-0.2, 0) is 42.1 Å². The van der Waals surface area contributed by atoms with Crippen molar-refractivity contribution in [3.8, 4) is 0 Å². The van der Waals surface area contributed by atoms with Gasteiger partial charge in [0.15, 0.2) is 0 Å². The summed E-state index contributed by atoms with van der Waals surface area (Å²) in [5.41, 5.74) is 15.2. The van der Waals surface area contributed by atoms with Gasteiger partial charge in [0.1, 0.15) is 0 Å². The van der Waals surface area contributed by atoms with Crippen LogP contribution in [-0.4, -0.2) is 52.8 Å². The number of amides is 4. The number of fused-ring (bicyclic) bond motifs is 2. The first-order valence-corrected chi connectivity index (χ1v) is 26.6. The van der Waals surface area contributed by atoms with Crippen LogP contribution in [0.2, 0.25) is 26.2 Å². The van der Waals surface area contributed by atoms with Crippen LogP contribution in [0.15, 0.2) is 134 Å². The SMILES string of the molecule is CC1=[C]([Hf][C]2=C(C)C(C3=CC=CC3)=C3C2=CC(NC=O)=C(NC=O)C(=[Si](C)C)C3C)C2=CC(NC=O)=C(NC=O)C(=[Si](C)C)C(C)C2=C1C1=CC=CC1. The summed E-state index contributed by atoms with van der Waals surface area (Å²) in [6.45, 7) is 18.0. The first-order valence-electron chi connectivity index (χ1n) is 18.0. The van der Waals surface area contributed by atoms with Crippen LogP contribution in [0.3, 0.4) is 0 Å². The third-order valence-corrected chi connectivity index (χ3v) is 20.8. The summed E-state index contributed by atoms with van der Waals surface area (Å²) in [6.07, 6.45) is 21.9. The van der Waals surface area contributed by atoms with Gasteiger partial charge in [-0.25, -0.2) is 0 Å². The summed E-state index contributed by atoms with van der Waals surface area (Å²) in [7, 11) is -2.17. The molecule has 0 aromatic carbocycles. The molecule has 0 spiro atoms. The Kier molecular flexibility index (Phi) is 11.7. The summed E-state index contributed by atoms with van der Waals surface area (Å²) in [5, 5.41) is 14.3. The molecule has 6 aliphatic carbocycles. The molecular weight excluding hydrogens is 859 g/mol. The first-order chi connectivity index (χ1) is 25.5. The van der Waals surface area contributed by atoms with Gasteiger partial charge in [-0.2, -0.15) is 0 Å². The van der Waals surface area contributed by atoms with Gasteiger partial charge in [0, 0.05) is 0 Å². The molecule has 6 aliphatic rings. The van der Waals surface area contributed by atoms with E-state index < -0.39 is 39.7 Å². The Labute approximate surface area is 326 Å². The molecule has 4 amide bonds. The number of hydrogen-bond donors (Lipinski definition) is 4. The van der Waals surface area contributed by atoms with Crippen LogP contribution in [0.1, 0.15) is 40.5 Å². The average molecular weight is 906 g/mol. The van der Waals surface area contributed by atoms with E-state index in [-0.39, 0.29) is 11.8 Å². The minimum atomic E-state index is -2.02. The standard InChI is InChI=1S/2C21H23N2O2Si.Hf/c2*1-13-9-16-10-17(22-11-24)20(23-12-25)21(26(3)4)14(2)19(16)18(13)15-7-5-6-8-15;/h2*5-7,10-12,14H,8H2,1-4H3,(H,22,24)(H,23,25);. The van der Waals surface area contributed by atoms with E-state index in [1.807, 2.05) is 0 Å². The molecule has 0 saturated carbocycles. The predicted molar refractivity (Wildman–Crippen MR) is 213 cm³/mol. The van der Waals surface area contributed by atoms with Crippen molar-refractivity contribution in [1.82, 2.24) is 21.3 Å². The maximum absolute atomic E-state index is 12.1. The van der Waals surface area contributed by atoms with E-state index >= 15 is 0 Å². The second-order valence-corrected chi connectivity index (χ2v) is 23.9. The molecular formula is C42H46HfN4O4Si2. The Hall–Kier alpha value is -4.20. The Balaban J connectivity index is 1.63. The molecule has 4 N–H and O–H groups in total. The fraction of sp³-hybridized carbons (Fsp3) is 0.286. The molecule has 0 saturated heterocycles. The zero-order chi connectivity index (χ0) is 38.1. The van der Waals surface area contributed by atoms with Crippen LogP contribution in [0, 0.1) is 11.8 Å². The maximum atomic E-state index is 12.1. The zero-order valence-electron chi connectivity index (χ0n) is 31.6. The number of rotatable bonds is 12. The number of nitrogens with one attached hydrogen (secondary N) is 4. The van der Waals surface area contributed by atoms with E-state index in [0.717, 1.165) is 24.0 Å². The number of allylic oxidation sites excluding steroid dienone is 22. The minimum absolute atomic E-state index is 0.0102. The Bertz CT molecular complexity index is 2050. The van der Waals surface area contributed by atoms with Gasteiger partial charge in [-0.15, -0.1) is 0 Å². The van der Waals surface area contributed by atoms with E-state index in [1.54, 1.807) is 0 Å². The molecule has 2 atom stereocenters. The third kappa shape index (κ3) is 6.76. The molecule has 270 valence electrons. The molecule has 2 unspecified atom stereocenters. The van der Waals surface area contributed by atoms with Crippen molar-refractivity contribution in [2.24, 2.45) is 11.8 Å². The van der Waals surface area contributed by atoms with Crippen molar-refractivity contribution in [3.05, 3.63) is 134 Å². The van der Waals surface area contributed by atoms with Gasteiger partial charge in [0.25, 0.3) is 0 Å². The van der Waals surface area contributed by atoms with E-state index in [4.69, 9.17) is 0 Å². The van der Waals surface area contributed by atoms with Crippen LogP contribution >= 0.6 is 0 Å². The van der Waals surface area contributed by atoms with Crippen molar-refractivity contribution in [1.29, 1.82) is 0 Å². The summed E-state index contributed by atoms with van der Waals surface area (Å²) < 4.78 is 2.72. The van der Waals surface area contributed by atoms with E-state index in [9.17, 15) is 19.2 Å². The molecule has 6 rings (SSSR count). The van der Waals surface area contributed by atoms with E-state index in [1.165, 1.54) is 61.6 Å². The molecule has 8 nitrogen and oxygen atoms in total. The third-order valence-electron chi connectivity index (χ3n) is 10.9. The van der Waals surface area contributed by atoms with Gasteiger partial charge in [-0.3, -0.25) is 0 Å².